The summed E-state index contributed by atoms with van der Waals surface area (Å²) in [7, 11) is 0. The number of nitrogens with zero attached hydrogens (tertiary/aromatic N) is 1. The van der Waals surface area contributed by atoms with Crippen LogP contribution in [0.1, 0.15) is 19.8 Å². The molecule has 1 fully saturated rings. The number of aliphatic hydroxyl groups is 1. The summed E-state index contributed by atoms with van der Waals surface area (Å²) in [4.78, 5) is 14.3. The van der Waals surface area contributed by atoms with Gasteiger partial charge in [0.15, 0.2) is 0 Å². The third-order valence-corrected chi connectivity index (χ3v) is 4.02. The van der Waals surface area contributed by atoms with Gasteiger partial charge >= 0.3 is 0 Å². The SMILES string of the molecule is CC(C(=O)Nc1cc(Cl)ccc1N)N1CCCC1CO. The standard InChI is InChI=1S/C14H20ClN3O2/c1-9(18-6-2-3-11(18)8-19)14(20)17-13-7-10(15)4-5-12(13)16/h4-5,7,9,11,19H,2-3,6,8,16H2,1H3,(H,17,20). The first-order valence-corrected chi connectivity index (χ1v) is 7.13. The lowest BCUT2D eigenvalue weighted by molar-refractivity contribution is -0.121. The Bertz CT molecular complexity index is 495. The topological polar surface area (TPSA) is 78.6 Å². The molecule has 1 aromatic rings. The molecular weight excluding hydrogens is 278 g/mol. The third kappa shape index (κ3) is 3.23. The van der Waals surface area contributed by atoms with Crippen LogP contribution in [0.2, 0.25) is 5.02 Å². The molecule has 2 rings (SSSR count). The van der Waals surface area contributed by atoms with Gasteiger partial charge in [0, 0.05) is 11.1 Å². The molecule has 1 heterocycles. The number of nitrogen functional groups attached to an aromatic ring is 1. The van der Waals surface area contributed by atoms with E-state index < -0.39 is 0 Å². The number of halogens is 1. The zero-order chi connectivity index (χ0) is 14.7. The van der Waals surface area contributed by atoms with Gasteiger partial charge in [-0.15, -0.1) is 0 Å². The van der Waals surface area contributed by atoms with Gasteiger partial charge in [-0.1, -0.05) is 11.6 Å². The predicted octanol–water partition coefficient (Wildman–Crippen LogP) is 1.71. The zero-order valence-corrected chi connectivity index (χ0v) is 12.2. The quantitative estimate of drug-likeness (QED) is 0.739. The van der Waals surface area contributed by atoms with Crippen LogP contribution in [0.5, 0.6) is 0 Å². The van der Waals surface area contributed by atoms with E-state index in [1.165, 1.54) is 0 Å². The van der Waals surface area contributed by atoms with Crippen LogP contribution >= 0.6 is 11.6 Å². The minimum Gasteiger partial charge on any atom is -0.397 e. The van der Waals surface area contributed by atoms with Crippen molar-refractivity contribution in [1.82, 2.24) is 4.90 Å². The average Bonchev–Trinajstić information content (AvgIpc) is 2.90. The molecule has 1 aliphatic rings. The molecule has 0 saturated carbocycles. The summed E-state index contributed by atoms with van der Waals surface area (Å²) in [6, 6.07) is 4.72. The highest BCUT2D eigenvalue weighted by molar-refractivity contribution is 6.31. The molecule has 0 bridgehead atoms. The van der Waals surface area contributed by atoms with Crippen molar-refractivity contribution >= 4 is 28.9 Å². The maximum atomic E-state index is 12.3. The number of anilines is 2. The molecule has 1 aliphatic heterocycles. The Morgan fingerprint density at radius 2 is 2.40 bits per heavy atom. The van der Waals surface area contributed by atoms with Gasteiger partial charge < -0.3 is 16.2 Å². The number of hydrogen-bond donors (Lipinski definition) is 3. The van der Waals surface area contributed by atoms with Gasteiger partial charge in [0.05, 0.1) is 24.0 Å². The van der Waals surface area contributed by atoms with Crippen molar-refractivity contribution in [1.29, 1.82) is 0 Å². The minimum absolute atomic E-state index is 0.0625. The van der Waals surface area contributed by atoms with Gasteiger partial charge in [-0.3, -0.25) is 9.69 Å². The second-order valence-corrected chi connectivity index (χ2v) is 5.55. The number of likely N-dealkylation sites (tertiary alicyclic amines) is 1. The number of carbonyl (C=O) groups excluding carboxylic acids is 1. The first-order chi connectivity index (χ1) is 9.52. The number of carbonyl (C=O) groups is 1. The summed E-state index contributed by atoms with van der Waals surface area (Å²) >= 11 is 5.90. The minimum atomic E-state index is -0.312. The Morgan fingerprint density at radius 3 is 3.10 bits per heavy atom. The maximum Gasteiger partial charge on any atom is 0.241 e. The van der Waals surface area contributed by atoms with Crippen molar-refractivity contribution in [3.05, 3.63) is 23.2 Å². The molecule has 2 unspecified atom stereocenters. The van der Waals surface area contributed by atoms with Crippen LogP contribution in [0.3, 0.4) is 0 Å². The Balaban J connectivity index is 2.06. The monoisotopic (exact) mass is 297 g/mol. The third-order valence-electron chi connectivity index (χ3n) is 3.78. The number of rotatable bonds is 4. The van der Waals surface area contributed by atoms with Gasteiger partial charge in [-0.05, 0) is 44.5 Å². The van der Waals surface area contributed by atoms with E-state index in [9.17, 15) is 9.90 Å². The molecule has 110 valence electrons. The molecule has 6 heteroatoms. The van der Waals surface area contributed by atoms with Gasteiger partial charge in [0.25, 0.3) is 0 Å². The van der Waals surface area contributed by atoms with Crippen molar-refractivity contribution in [2.24, 2.45) is 0 Å². The van der Waals surface area contributed by atoms with Crippen LogP contribution in [0, 0.1) is 0 Å². The van der Waals surface area contributed by atoms with Crippen LogP contribution in [-0.2, 0) is 4.79 Å². The molecule has 0 spiro atoms. The molecule has 0 aromatic heterocycles. The summed E-state index contributed by atoms with van der Waals surface area (Å²) in [6.07, 6.45) is 1.93. The first kappa shape index (κ1) is 15.1. The zero-order valence-electron chi connectivity index (χ0n) is 11.5. The number of nitrogens with two attached hydrogens (primary N) is 1. The lowest BCUT2D eigenvalue weighted by atomic mass is 10.2. The Kier molecular flexibility index (Phi) is 4.86. The van der Waals surface area contributed by atoms with Crippen LogP contribution in [-0.4, -0.2) is 41.1 Å². The van der Waals surface area contributed by atoms with Gasteiger partial charge in [0.2, 0.25) is 5.91 Å². The highest BCUT2D eigenvalue weighted by Gasteiger charge is 2.31. The summed E-state index contributed by atoms with van der Waals surface area (Å²) < 4.78 is 0. The fourth-order valence-electron chi connectivity index (χ4n) is 2.59. The van der Waals surface area contributed by atoms with Crippen LogP contribution < -0.4 is 11.1 Å². The number of hydrogen-bond acceptors (Lipinski definition) is 4. The highest BCUT2D eigenvalue weighted by Crippen LogP contribution is 2.25. The smallest absolute Gasteiger partial charge is 0.241 e. The molecule has 20 heavy (non-hydrogen) atoms. The van der Waals surface area contributed by atoms with Crippen molar-refractivity contribution in [3.8, 4) is 0 Å². The molecule has 5 nitrogen and oxygen atoms in total. The summed E-state index contributed by atoms with van der Waals surface area (Å²) in [6.45, 7) is 2.74. The summed E-state index contributed by atoms with van der Waals surface area (Å²) in [5.74, 6) is -0.140. The molecular formula is C14H20ClN3O2. The Labute approximate surface area is 123 Å². The molecule has 1 amide bonds. The maximum absolute atomic E-state index is 12.3. The molecule has 1 saturated heterocycles. The van der Waals surface area contributed by atoms with Gasteiger partial charge in [-0.2, -0.15) is 0 Å². The lowest BCUT2D eigenvalue weighted by Gasteiger charge is -2.28. The number of nitrogens with one attached hydrogen (secondary N) is 1. The molecule has 4 N–H and O–H groups in total. The lowest BCUT2D eigenvalue weighted by Crippen LogP contribution is -2.45. The highest BCUT2D eigenvalue weighted by atomic mass is 35.5. The van der Waals surface area contributed by atoms with Crippen LogP contribution in [0.25, 0.3) is 0 Å². The van der Waals surface area contributed by atoms with E-state index in [0.717, 1.165) is 19.4 Å². The second kappa shape index (κ2) is 6.43. The fourth-order valence-corrected chi connectivity index (χ4v) is 2.76. The number of benzene rings is 1. The van der Waals surface area contributed by atoms with Gasteiger partial charge in [-0.25, -0.2) is 0 Å². The van der Waals surface area contributed by atoms with E-state index >= 15 is 0 Å². The molecule has 1 aromatic carbocycles. The van der Waals surface area contributed by atoms with Crippen LogP contribution in [0.15, 0.2) is 18.2 Å². The number of aliphatic hydroxyl groups excluding tert-OH is 1. The summed E-state index contributed by atoms with van der Waals surface area (Å²) in [5.41, 5.74) is 6.82. The van der Waals surface area contributed by atoms with Crippen molar-refractivity contribution < 1.29 is 9.90 Å². The molecule has 2 atom stereocenters. The van der Waals surface area contributed by atoms with Crippen LogP contribution in [0.4, 0.5) is 11.4 Å². The molecule has 0 radical (unpaired) electrons. The van der Waals surface area contributed by atoms with Crippen molar-refractivity contribution in [2.45, 2.75) is 31.8 Å². The Hall–Kier alpha value is -1.30. The Morgan fingerprint density at radius 1 is 1.65 bits per heavy atom. The normalized spacial score (nSPS) is 20.9. The second-order valence-electron chi connectivity index (χ2n) is 5.11. The van der Waals surface area contributed by atoms with E-state index in [1.54, 1.807) is 18.2 Å². The van der Waals surface area contributed by atoms with E-state index in [2.05, 4.69) is 5.32 Å². The van der Waals surface area contributed by atoms with Gasteiger partial charge in [0.1, 0.15) is 0 Å². The molecule has 0 aliphatic carbocycles. The predicted molar refractivity (Wildman–Crippen MR) is 80.8 cm³/mol. The largest absolute Gasteiger partial charge is 0.397 e. The van der Waals surface area contributed by atoms with E-state index in [4.69, 9.17) is 17.3 Å². The van der Waals surface area contributed by atoms with Crippen molar-refractivity contribution in [2.75, 3.05) is 24.2 Å². The van der Waals surface area contributed by atoms with E-state index in [1.807, 2.05) is 11.8 Å². The van der Waals surface area contributed by atoms with E-state index in [0.29, 0.717) is 16.4 Å². The van der Waals surface area contributed by atoms with E-state index in [-0.39, 0.29) is 24.6 Å². The number of amides is 1. The summed E-state index contributed by atoms with van der Waals surface area (Å²) in [5, 5.41) is 12.7. The first-order valence-electron chi connectivity index (χ1n) is 6.75. The van der Waals surface area contributed by atoms with Crippen molar-refractivity contribution in [3.63, 3.8) is 0 Å². The fraction of sp³-hybridized carbons (Fsp3) is 0.500. The average molecular weight is 298 g/mol.